The summed E-state index contributed by atoms with van der Waals surface area (Å²) in [5.74, 6) is -0.196. The fourth-order valence-electron chi connectivity index (χ4n) is 2.89. The first-order valence-electron chi connectivity index (χ1n) is 13.1. The molecule has 0 saturated carbocycles. The van der Waals surface area contributed by atoms with E-state index < -0.39 is 18.0 Å². The Bertz CT molecular complexity index is 844. The predicted molar refractivity (Wildman–Crippen MR) is 152 cm³/mol. The number of unbranched alkanes of at least 4 members (excludes halogenated alkanes) is 1. The fourth-order valence-corrected chi connectivity index (χ4v) is 2.89. The number of rotatable bonds is 20. The summed E-state index contributed by atoms with van der Waals surface area (Å²) in [6.07, 6.45) is 10.8. The van der Waals surface area contributed by atoms with Crippen molar-refractivity contribution in [1.82, 2.24) is 0 Å². The van der Waals surface area contributed by atoms with Crippen molar-refractivity contribution in [2.45, 2.75) is 106 Å². The molecule has 0 radical (unpaired) electrons. The normalized spacial score (nSPS) is 15.5. The van der Waals surface area contributed by atoms with Gasteiger partial charge in [0.25, 0.3) is 5.76 Å². The number of allylic oxidation sites excluding steroid dienone is 5. The highest BCUT2D eigenvalue weighted by molar-refractivity contribution is 5.17. The lowest BCUT2D eigenvalue weighted by Gasteiger charge is -2.40. The zero-order chi connectivity index (χ0) is 28.4. The van der Waals surface area contributed by atoms with Gasteiger partial charge in [-0.3, -0.25) is 0 Å². The molecule has 6 heteroatoms. The summed E-state index contributed by atoms with van der Waals surface area (Å²) in [6.45, 7) is 29.4. The molecule has 3 unspecified atom stereocenters. The zero-order valence-electron chi connectivity index (χ0n) is 24.6. The van der Waals surface area contributed by atoms with E-state index in [9.17, 15) is 0 Å². The number of ether oxygens (including phenoxy) is 6. The Labute approximate surface area is 226 Å². The maximum absolute atomic E-state index is 6.53. The van der Waals surface area contributed by atoms with Gasteiger partial charge in [0.05, 0.1) is 24.4 Å². The van der Waals surface area contributed by atoms with Crippen LogP contribution >= 0.6 is 0 Å². The van der Waals surface area contributed by atoms with Gasteiger partial charge in [0.15, 0.2) is 6.10 Å². The summed E-state index contributed by atoms with van der Waals surface area (Å²) in [6, 6.07) is 0. The highest BCUT2D eigenvalue weighted by Gasteiger charge is 2.51. The van der Waals surface area contributed by atoms with Crippen LogP contribution in [0, 0.1) is 0 Å². The lowest BCUT2D eigenvalue weighted by atomic mass is 10.1. The van der Waals surface area contributed by atoms with Crippen molar-refractivity contribution in [3.05, 3.63) is 84.9 Å². The third-order valence-corrected chi connectivity index (χ3v) is 4.92. The summed E-state index contributed by atoms with van der Waals surface area (Å²) >= 11 is 0. The van der Waals surface area contributed by atoms with Gasteiger partial charge >= 0.3 is 11.7 Å². The largest absolute Gasteiger partial charge is 0.488 e. The van der Waals surface area contributed by atoms with Gasteiger partial charge in [-0.15, -0.1) is 6.58 Å². The van der Waals surface area contributed by atoms with E-state index in [2.05, 4.69) is 26.7 Å². The molecule has 0 aliphatic carbocycles. The van der Waals surface area contributed by atoms with Crippen molar-refractivity contribution >= 4 is 0 Å². The van der Waals surface area contributed by atoms with Crippen molar-refractivity contribution in [2.24, 2.45) is 0 Å². The van der Waals surface area contributed by atoms with E-state index in [4.69, 9.17) is 28.4 Å². The second-order valence-corrected chi connectivity index (χ2v) is 9.23. The van der Waals surface area contributed by atoms with Crippen LogP contribution in [-0.4, -0.2) is 24.6 Å². The van der Waals surface area contributed by atoms with Crippen LogP contribution in [-0.2, 0) is 28.4 Å². The van der Waals surface area contributed by atoms with Crippen molar-refractivity contribution < 1.29 is 28.4 Å². The minimum Gasteiger partial charge on any atom is -0.488 e. The fraction of sp³-hybridized carbons (Fsp3) is 0.548. The van der Waals surface area contributed by atoms with Crippen molar-refractivity contribution in [1.29, 1.82) is 0 Å². The molecule has 37 heavy (non-hydrogen) atoms. The molecule has 0 aromatic rings. The van der Waals surface area contributed by atoms with Crippen LogP contribution in [0.3, 0.4) is 0 Å². The molecule has 210 valence electrons. The van der Waals surface area contributed by atoms with Crippen LogP contribution in [0.25, 0.3) is 0 Å². The Morgan fingerprint density at radius 3 is 2.22 bits per heavy atom. The molecule has 0 rings (SSSR count). The molecule has 0 heterocycles. The lowest BCUT2D eigenvalue weighted by molar-refractivity contribution is -0.267. The van der Waals surface area contributed by atoms with Gasteiger partial charge in [-0.2, -0.15) is 0 Å². The van der Waals surface area contributed by atoms with E-state index in [0.717, 1.165) is 30.4 Å². The second-order valence-electron chi connectivity index (χ2n) is 9.23. The smallest absolute Gasteiger partial charge is 0.336 e. The van der Waals surface area contributed by atoms with Crippen LogP contribution in [0.2, 0.25) is 0 Å². The summed E-state index contributed by atoms with van der Waals surface area (Å²) in [5.41, 5.74) is 1.70. The third-order valence-electron chi connectivity index (χ3n) is 4.92. The summed E-state index contributed by atoms with van der Waals surface area (Å²) < 4.78 is 37.7. The maximum atomic E-state index is 6.53. The average molecular weight is 519 g/mol. The van der Waals surface area contributed by atoms with Gasteiger partial charge in [-0.25, -0.2) is 0 Å². The van der Waals surface area contributed by atoms with E-state index in [1.165, 1.54) is 0 Å². The number of hydrogen-bond acceptors (Lipinski definition) is 6. The van der Waals surface area contributed by atoms with Crippen molar-refractivity contribution in [2.75, 3.05) is 6.61 Å². The highest BCUT2D eigenvalue weighted by atomic mass is 16.7. The van der Waals surface area contributed by atoms with Crippen LogP contribution in [0.1, 0.15) is 88.0 Å². The van der Waals surface area contributed by atoms with Crippen LogP contribution in [0.15, 0.2) is 84.9 Å². The molecule has 0 amide bonds. The van der Waals surface area contributed by atoms with Crippen LogP contribution < -0.4 is 0 Å². The van der Waals surface area contributed by atoms with Crippen molar-refractivity contribution in [3.8, 4) is 0 Å². The Morgan fingerprint density at radius 1 is 1.03 bits per heavy atom. The first kappa shape index (κ1) is 34.1. The predicted octanol–water partition coefficient (Wildman–Crippen LogP) is 8.97. The molecule has 0 aliphatic heterocycles. The van der Waals surface area contributed by atoms with Gasteiger partial charge in [-0.05, 0) is 84.6 Å². The second kappa shape index (κ2) is 18.4. The van der Waals surface area contributed by atoms with Crippen molar-refractivity contribution in [3.63, 3.8) is 0 Å². The summed E-state index contributed by atoms with van der Waals surface area (Å²) in [7, 11) is 0. The van der Waals surface area contributed by atoms with Gasteiger partial charge < -0.3 is 28.4 Å². The molecule has 0 saturated heterocycles. The van der Waals surface area contributed by atoms with E-state index in [1.807, 2.05) is 67.5 Å². The summed E-state index contributed by atoms with van der Waals surface area (Å²) in [5, 5.41) is 0. The molecule has 0 N–H and O–H groups in total. The molecule has 0 bridgehead atoms. The van der Waals surface area contributed by atoms with Gasteiger partial charge in [0.1, 0.15) is 12.4 Å². The molecule has 0 aromatic heterocycles. The van der Waals surface area contributed by atoms with E-state index in [-0.39, 0.29) is 18.3 Å². The molecular weight excluding hydrogens is 468 g/mol. The zero-order valence-corrected chi connectivity index (χ0v) is 24.6. The molecule has 0 spiro atoms. The first-order valence-corrected chi connectivity index (χ1v) is 13.1. The minimum absolute atomic E-state index is 0.0547. The first-order chi connectivity index (χ1) is 17.5. The third kappa shape index (κ3) is 12.8. The molecule has 0 aromatic carbocycles. The van der Waals surface area contributed by atoms with E-state index >= 15 is 0 Å². The maximum Gasteiger partial charge on any atom is 0.336 e. The lowest BCUT2D eigenvalue weighted by Crippen LogP contribution is -2.51. The number of hydrogen-bond donors (Lipinski definition) is 0. The average Bonchev–Trinajstić information content (AvgIpc) is 2.84. The summed E-state index contributed by atoms with van der Waals surface area (Å²) in [4.78, 5) is 0. The Morgan fingerprint density at radius 2 is 1.70 bits per heavy atom. The molecule has 0 fully saturated rings. The highest BCUT2D eigenvalue weighted by Crippen LogP contribution is 2.37. The SMILES string of the molecule is C=CC(C)OC(OC=C(C)C)(C(OCC(=C)C)=C(OC=CCCC)OC(=C)CCC)C(C)OC(C)=CC. The molecular formula is C31H50O6. The van der Waals surface area contributed by atoms with E-state index in [1.54, 1.807) is 18.6 Å². The Balaban J connectivity index is 7.40. The van der Waals surface area contributed by atoms with Gasteiger partial charge in [-0.1, -0.05) is 39.5 Å². The standard InChI is InChI=1S/C31H50O6/c1-13-17-18-20-32-30(36-27(11)19-14-2)29(33-21-23(5)6)31(34-22-24(7)8,37-26(10)16-4)28(12)35-25(9)15-3/h15-16,18,20,22,26,28H,4-5,11,13-14,17,19,21H2,1-3,6-10,12H3. The Kier molecular flexibility index (Phi) is 17.0. The molecule has 0 aliphatic rings. The Hall–Kier alpha value is -2.86. The van der Waals surface area contributed by atoms with Gasteiger partial charge in [0.2, 0.25) is 0 Å². The molecule has 6 nitrogen and oxygen atoms in total. The topological polar surface area (TPSA) is 55.4 Å². The van der Waals surface area contributed by atoms with Crippen LogP contribution in [0.4, 0.5) is 0 Å². The quantitative estimate of drug-likeness (QED) is 0.0910. The minimum atomic E-state index is -1.62. The molecule has 3 atom stereocenters. The van der Waals surface area contributed by atoms with Crippen LogP contribution in [0.5, 0.6) is 0 Å². The monoisotopic (exact) mass is 518 g/mol. The van der Waals surface area contributed by atoms with Gasteiger partial charge in [0, 0.05) is 6.42 Å². The van der Waals surface area contributed by atoms with E-state index in [0.29, 0.717) is 17.9 Å².